The van der Waals surface area contributed by atoms with E-state index in [4.69, 9.17) is 15.9 Å². The first-order valence-electron chi connectivity index (χ1n) is 6.26. The lowest BCUT2D eigenvalue weighted by Crippen LogP contribution is -2.22. The van der Waals surface area contributed by atoms with Crippen LogP contribution in [0.15, 0.2) is 42.5 Å². The van der Waals surface area contributed by atoms with E-state index in [9.17, 15) is 0 Å². The van der Waals surface area contributed by atoms with Crippen LogP contribution in [0.25, 0.3) is 0 Å². The Morgan fingerprint density at radius 2 is 2.00 bits per heavy atom. The first-order valence-corrected chi connectivity index (χ1v) is 6.26. The summed E-state index contributed by atoms with van der Waals surface area (Å²) >= 11 is 0. The molecule has 0 aliphatic heterocycles. The summed E-state index contributed by atoms with van der Waals surface area (Å²) in [4.78, 5) is 6.39. The highest BCUT2D eigenvalue weighted by molar-refractivity contribution is 6.00. The molecule has 1 aromatic heterocycles. The number of anilines is 1. The molecule has 1 aromatic carbocycles. The first-order chi connectivity index (χ1) is 9.61. The third kappa shape index (κ3) is 3.06. The molecule has 0 amide bonds. The van der Waals surface area contributed by atoms with Gasteiger partial charge in [0.15, 0.2) is 0 Å². The number of benzene rings is 1. The number of nitrogen functional groups attached to an aromatic ring is 1. The highest BCUT2D eigenvalue weighted by Gasteiger charge is 2.10. The van der Waals surface area contributed by atoms with Crippen molar-refractivity contribution < 1.29 is 4.74 Å². The average Bonchev–Trinajstić information content (AvgIpc) is 2.47. The van der Waals surface area contributed by atoms with Gasteiger partial charge >= 0.3 is 0 Å². The molecule has 0 fully saturated rings. The molecule has 2 aromatic rings. The summed E-state index contributed by atoms with van der Waals surface area (Å²) in [5.74, 6) is 0.654. The zero-order valence-electron chi connectivity index (χ0n) is 11.6. The van der Waals surface area contributed by atoms with Crippen LogP contribution < -0.4 is 15.4 Å². The second-order valence-corrected chi connectivity index (χ2v) is 4.46. The molecule has 0 spiro atoms. The zero-order chi connectivity index (χ0) is 14.5. The van der Waals surface area contributed by atoms with Gasteiger partial charge in [-0.15, -0.1) is 0 Å². The van der Waals surface area contributed by atoms with Crippen LogP contribution in [0.2, 0.25) is 0 Å². The maximum absolute atomic E-state index is 7.63. The maximum atomic E-state index is 7.63. The summed E-state index contributed by atoms with van der Waals surface area (Å²) in [6.07, 6.45) is 0. The van der Waals surface area contributed by atoms with E-state index in [1.807, 2.05) is 54.4 Å². The Morgan fingerprint density at radius 1 is 1.25 bits per heavy atom. The van der Waals surface area contributed by atoms with Gasteiger partial charge < -0.3 is 15.4 Å². The number of para-hydroxylation sites is 1. The van der Waals surface area contributed by atoms with Crippen LogP contribution in [-0.2, 0) is 6.54 Å². The molecule has 0 aliphatic rings. The van der Waals surface area contributed by atoms with Crippen LogP contribution in [0.5, 0.6) is 5.88 Å². The molecule has 0 atom stereocenters. The predicted molar refractivity (Wildman–Crippen MR) is 80.4 cm³/mol. The second kappa shape index (κ2) is 6.06. The molecule has 0 radical (unpaired) electrons. The summed E-state index contributed by atoms with van der Waals surface area (Å²) in [5.41, 5.74) is 8.13. The molecular weight excluding hydrogens is 252 g/mol. The fraction of sp³-hybridized carbons (Fsp3) is 0.200. The number of nitrogens with one attached hydrogen (secondary N) is 1. The fourth-order valence-electron chi connectivity index (χ4n) is 2.02. The van der Waals surface area contributed by atoms with Gasteiger partial charge in [0.2, 0.25) is 5.88 Å². The van der Waals surface area contributed by atoms with E-state index < -0.39 is 0 Å². The number of methoxy groups -OCH3 is 1. The quantitative estimate of drug-likeness (QED) is 0.643. The van der Waals surface area contributed by atoms with Crippen molar-refractivity contribution in [1.82, 2.24) is 4.98 Å². The molecule has 2 rings (SSSR count). The van der Waals surface area contributed by atoms with Crippen molar-refractivity contribution in [2.24, 2.45) is 5.73 Å². The number of hydrogen-bond acceptors (Lipinski definition) is 4. The molecule has 5 nitrogen and oxygen atoms in total. The molecule has 0 aliphatic carbocycles. The smallest absolute Gasteiger partial charge is 0.213 e. The summed E-state index contributed by atoms with van der Waals surface area (Å²) < 4.78 is 5.12. The minimum atomic E-state index is 0.0612. The minimum Gasteiger partial charge on any atom is -0.481 e. The Balaban J connectivity index is 2.23. The molecule has 0 saturated heterocycles. The molecule has 3 N–H and O–H groups in total. The molecule has 0 bridgehead atoms. The summed E-state index contributed by atoms with van der Waals surface area (Å²) in [6.45, 7) is 0.613. The number of rotatable bonds is 5. The minimum absolute atomic E-state index is 0.0612. The van der Waals surface area contributed by atoms with Crippen molar-refractivity contribution >= 4 is 11.5 Å². The van der Waals surface area contributed by atoms with Gasteiger partial charge in [0.05, 0.1) is 19.3 Å². The molecule has 104 valence electrons. The lowest BCUT2D eigenvalue weighted by molar-refractivity contribution is 0.396. The van der Waals surface area contributed by atoms with E-state index >= 15 is 0 Å². The van der Waals surface area contributed by atoms with E-state index in [-0.39, 0.29) is 5.84 Å². The van der Waals surface area contributed by atoms with Crippen LogP contribution in [0.3, 0.4) is 0 Å². The molecule has 0 unspecified atom stereocenters. The van der Waals surface area contributed by atoms with Crippen LogP contribution >= 0.6 is 0 Å². The summed E-state index contributed by atoms with van der Waals surface area (Å²) in [7, 11) is 3.55. The zero-order valence-corrected chi connectivity index (χ0v) is 11.6. The lowest BCUT2D eigenvalue weighted by atomic mass is 10.1. The molecule has 0 saturated carbocycles. The van der Waals surface area contributed by atoms with Crippen molar-refractivity contribution in [3.63, 3.8) is 0 Å². The standard InChI is InChI=1S/C15H18N4O/c1-19(10-11-6-5-9-14(18-11)20-2)13-8-4-3-7-12(13)15(16)17/h3-9H,10H2,1-2H3,(H3,16,17). The second-order valence-electron chi connectivity index (χ2n) is 4.46. The Morgan fingerprint density at radius 3 is 2.70 bits per heavy atom. The average molecular weight is 270 g/mol. The first kappa shape index (κ1) is 13.9. The Bertz CT molecular complexity index is 612. The van der Waals surface area contributed by atoms with E-state index in [0.29, 0.717) is 12.4 Å². The fourth-order valence-corrected chi connectivity index (χ4v) is 2.02. The van der Waals surface area contributed by atoms with Crippen molar-refractivity contribution in [3.8, 4) is 5.88 Å². The monoisotopic (exact) mass is 270 g/mol. The van der Waals surface area contributed by atoms with Gasteiger partial charge in [-0.2, -0.15) is 0 Å². The van der Waals surface area contributed by atoms with Crippen molar-refractivity contribution in [2.75, 3.05) is 19.1 Å². The largest absolute Gasteiger partial charge is 0.481 e. The van der Waals surface area contributed by atoms with Gasteiger partial charge in [0.1, 0.15) is 5.84 Å². The van der Waals surface area contributed by atoms with Gasteiger partial charge in [-0.3, -0.25) is 5.41 Å². The van der Waals surface area contributed by atoms with Crippen LogP contribution in [-0.4, -0.2) is 25.0 Å². The van der Waals surface area contributed by atoms with E-state index in [1.165, 1.54) is 0 Å². The highest BCUT2D eigenvalue weighted by Crippen LogP contribution is 2.20. The molecule has 5 heteroatoms. The maximum Gasteiger partial charge on any atom is 0.213 e. The summed E-state index contributed by atoms with van der Waals surface area (Å²) in [5, 5.41) is 7.63. The summed E-state index contributed by atoms with van der Waals surface area (Å²) in [6, 6.07) is 13.2. The number of aromatic nitrogens is 1. The highest BCUT2D eigenvalue weighted by atomic mass is 16.5. The van der Waals surface area contributed by atoms with E-state index in [2.05, 4.69) is 4.98 Å². The van der Waals surface area contributed by atoms with Gasteiger partial charge in [-0.25, -0.2) is 4.98 Å². The Hall–Kier alpha value is -2.56. The van der Waals surface area contributed by atoms with Crippen LogP contribution in [0, 0.1) is 5.41 Å². The molecular formula is C15H18N4O. The Kier molecular flexibility index (Phi) is 4.20. The van der Waals surface area contributed by atoms with Crippen LogP contribution in [0.4, 0.5) is 5.69 Å². The van der Waals surface area contributed by atoms with Gasteiger partial charge in [-0.1, -0.05) is 18.2 Å². The topological polar surface area (TPSA) is 75.2 Å². The number of nitrogens with two attached hydrogens (primary N) is 1. The normalized spacial score (nSPS) is 10.1. The van der Waals surface area contributed by atoms with Crippen molar-refractivity contribution in [1.29, 1.82) is 5.41 Å². The third-order valence-corrected chi connectivity index (χ3v) is 2.99. The third-order valence-electron chi connectivity index (χ3n) is 2.99. The van der Waals surface area contributed by atoms with Crippen molar-refractivity contribution in [3.05, 3.63) is 53.7 Å². The van der Waals surface area contributed by atoms with E-state index in [1.54, 1.807) is 7.11 Å². The van der Waals surface area contributed by atoms with Crippen molar-refractivity contribution in [2.45, 2.75) is 6.54 Å². The molecule has 20 heavy (non-hydrogen) atoms. The SMILES string of the molecule is COc1cccc(CN(C)c2ccccc2C(=N)N)n1. The van der Waals surface area contributed by atoms with Gasteiger partial charge in [-0.05, 0) is 18.2 Å². The Labute approximate surface area is 118 Å². The lowest BCUT2D eigenvalue weighted by Gasteiger charge is -2.21. The number of ether oxygens (including phenoxy) is 1. The van der Waals surface area contributed by atoms with E-state index in [0.717, 1.165) is 16.9 Å². The number of nitrogens with zero attached hydrogens (tertiary/aromatic N) is 2. The number of hydrogen-bond donors (Lipinski definition) is 2. The van der Waals surface area contributed by atoms with Gasteiger partial charge in [0, 0.05) is 24.4 Å². The number of amidine groups is 1. The van der Waals surface area contributed by atoms with Gasteiger partial charge in [0.25, 0.3) is 0 Å². The molecule has 1 heterocycles. The number of pyridine rings is 1. The predicted octanol–water partition coefficient (Wildman–Crippen LogP) is 2.01. The van der Waals surface area contributed by atoms with Crippen LogP contribution in [0.1, 0.15) is 11.3 Å².